The summed E-state index contributed by atoms with van der Waals surface area (Å²) < 4.78 is 5.36. The van der Waals surface area contributed by atoms with E-state index in [2.05, 4.69) is 15.5 Å². The van der Waals surface area contributed by atoms with Gasteiger partial charge in [-0.25, -0.2) is 0 Å². The molecule has 4 rings (SSSR count). The standard InChI is InChI=1S/C20H26N4O2/c1-15-5-2-3-6-16(15)19-22-17(26-23-19)7-8-18(25)24-12-10-20(14-24)9-4-11-21-13-20/h2-3,5-6,21H,4,7-14H2,1H3/t20-/m1/s1. The third-order valence-electron chi connectivity index (χ3n) is 5.76. The summed E-state index contributed by atoms with van der Waals surface area (Å²) >= 11 is 0. The van der Waals surface area contributed by atoms with Gasteiger partial charge in [0, 0.05) is 43.5 Å². The number of rotatable bonds is 4. The van der Waals surface area contributed by atoms with Gasteiger partial charge in [0.15, 0.2) is 0 Å². The number of carbonyl (C=O) groups is 1. The molecular formula is C20H26N4O2. The third kappa shape index (κ3) is 3.51. The molecule has 1 N–H and O–H groups in total. The molecular weight excluding hydrogens is 328 g/mol. The fraction of sp³-hybridized carbons (Fsp3) is 0.550. The number of nitrogens with one attached hydrogen (secondary N) is 1. The highest BCUT2D eigenvalue weighted by molar-refractivity contribution is 5.76. The molecule has 0 saturated carbocycles. The largest absolute Gasteiger partial charge is 0.342 e. The van der Waals surface area contributed by atoms with Gasteiger partial charge in [-0.1, -0.05) is 29.4 Å². The highest BCUT2D eigenvalue weighted by Crippen LogP contribution is 2.36. The lowest BCUT2D eigenvalue weighted by Crippen LogP contribution is -2.42. The Labute approximate surface area is 154 Å². The Balaban J connectivity index is 1.33. The van der Waals surface area contributed by atoms with Crippen molar-refractivity contribution in [3.63, 3.8) is 0 Å². The number of hydrogen-bond acceptors (Lipinski definition) is 5. The lowest BCUT2D eigenvalue weighted by molar-refractivity contribution is -0.130. The normalized spacial score (nSPS) is 22.9. The monoisotopic (exact) mass is 354 g/mol. The van der Waals surface area contributed by atoms with Gasteiger partial charge in [-0.15, -0.1) is 0 Å². The van der Waals surface area contributed by atoms with Crippen LogP contribution in [0.15, 0.2) is 28.8 Å². The molecule has 1 amide bonds. The van der Waals surface area contributed by atoms with Crippen molar-refractivity contribution in [2.45, 2.75) is 39.0 Å². The first kappa shape index (κ1) is 17.2. The van der Waals surface area contributed by atoms with Crippen LogP contribution in [0.2, 0.25) is 0 Å². The van der Waals surface area contributed by atoms with Gasteiger partial charge in [0.25, 0.3) is 0 Å². The second-order valence-corrected chi connectivity index (χ2v) is 7.67. The SMILES string of the molecule is Cc1ccccc1-c1noc(CCC(=O)N2CC[C@@]3(CCCNC3)C2)n1. The summed E-state index contributed by atoms with van der Waals surface area (Å²) in [4.78, 5) is 19.1. The smallest absolute Gasteiger partial charge is 0.227 e. The van der Waals surface area contributed by atoms with E-state index in [4.69, 9.17) is 4.52 Å². The van der Waals surface area contributed by atoms with E-state index in [1.54, 1.807) is 0 Å². The van der Waals surface area contributed by atoms with E-state index < -0.39 is 0 Å². The maximum absolute atomic E-state index is 12.6. The van der Waals surface area contributed by atoms with E-state index in [-0.39, 0.29) is 5.91 Å². The van der Waals surface area contributed by atoms with Gasteiger partial charge in [0.2, 0.25) is 17.6 Å². The van der Waals surface area contributed by atoms with E-state index in [1.807, 2.05) is 36.1 Å². The number of amides is 1. The summed E-state index contributed by atoms with van der Waals surface area (Å²) in [5.74, 6) is 1.33. The number of carbonyl (C=O) groups excluding carboxylic acids is 1. The van der Waals surface area contributed by atoms with Crippen LogP contribution in [0.5, 0.6) is 0 Å². The summed E-state index contributed by atoms with van der Waals surface area (Å²) in [5.41, 5.74) is 2.38. The van der Waals surface area contributed by atoms with Gasteiger partial charge in [-0.05, 0) is 38.3 Å². The zero-order valence-corrected chi connectivity index (χ0v) is 15.3. The van der Waals surface area contributed by atoms with Crippen LogP contribution >= 0.6 is 0 Å². The lowest BCUT2D eigenvalue weighted by atomic mass is 9.80. The Bertz CT molecular complexity index is 780. The van der Waals surface area contributed by atoms with E-state index in [9.17, 15) is 4.79 Å². The molecule has 2 aliphatic heterocycles. The average molecular weight is 354 g/mol. The summed E-state index contributed by atoms with van der Waals surface area (Å²) in [6, 6.07) is 7.96. The highest BCUT2D eigenvalue weighted by Gasteiger charge is 2.40. The maximum Gasteiger partial charge on any atom is 0.227 e. The molecule has 2 fully saturated rings. The van der Waals surface area contributed by atoms with Crippen LogP contribution in [0.4, 0.5) is 0 Å². The second kappa shape index (κ2) is 7.19. The number of nitrogens with zero attached hydrogens (tertiary/aromatic N) is 3. The first-order valence-electron chi connectivity index (χ1n) is 9.52. The van der Waals surface area contributed by atoms with E-state index in [0.717, 1.165) is 43.7 Å². The zero-order chi connectivity index (χ0) is 18.0. The first-order chi connectivity index (χ1) is 12.7. The predicted molar refractivity (Wildman–Crippen MR) is 98.5 cm³/mol. The lowest BCUT2D eigenvalue weighted by Gasteiger charge is -2.33. The molecule has 1 spiro atoms. The molecule has 0 bridgehead atoms. The zero-order valence-electron chi connectivity index (χ0n) is 15.3. The Morgan fingerprint density at radius 1 is 1.35 bits per heavy atom. The van der Waals surface area contributed by atoms with Gasteiger partial charge in [0.1, 0.15) is 0 Å². The number of piperidine rings is 1. The van der Waals surface area contributed by atoms with Gasteiger partial charge in [-0.2, -0.15) is 4.98 Å². The number of likely N-dealkylation sites (tertiary alicyclic amines) is 1. The molecule has 2 aliphatic rings. The summed E-state index contributed by atoms with van der Waals surface area (Å²) in [6.45, 7) is 5.93. The Hall–Kier alpha value is -2.21. The number of hydrogen-bond donors (Lipinski definition) is 1. The highest BCUT2D eigenvalue weighted by atomic mass is 16.5. The molecule has 0 aliphatic carbocycles. The van der Waals surface area contributed by atoms with Crippen LogP contribution in [0.25, 0.3) is 11.4 Å². The van der Waals surface area contributed by atoms with E-state index in [1.165, 1.54) is 12.8 Å². The summed E-state index contributed by atoms with van der Waals surface area (Å²) in [7, 11) is 0. The molecule has 26 heavy (non-hydrogen) atoms. The summed E-state index contributed by atoms with van der Waals surface area (Å²) in [6.07, 6.45) is 4.49. The molecule has 3 heterocycles. The third-order valence-corrected chi connectivity index (χ3v) is 5.76. The Kier molecular flexibility index (Phi) is 4.76. The van der Waals surface area contributed by atoms with Crippen molar-refractivity contribution < 1.29 is 9.32 Å². The average Bonchev–Trinajstić information content (AvgIpc) is 3.29. The quantitative estimate of drug-likeness (QED) is 0.914. The summed E-state index contributed by atoms with van der Waals surface area (Å²) in [5, 5.41) is 7.56. The molecule has 2 aromatic rings. The van der Waals surface area contributed by atoms with Crippen molar-refractivity contribution in [1.82, 2.24) is 20.4 Å². The van der Waals surface area contributed by atoms with E-state index in [0.29, 0.717) is 30.0 Å². The van der Waals surface area contributed by atoms with Crippen LogP contribution in [0.1, 0.15) is 37.1 Å². The number of benzene rings is 1. The molecule has 6 heteroatoms. The molecule has 138 valence electrons. The van der Waals surface area contributed by atoms with Gasteiger partial charge >= 0.3 is 0 Å². The van der Waals surface area contributed by atoms with Crippen molar-refractivity contribution >= 4 is 5.91 Å². The topological polar surface area (TPSA) is 71.3 Å². The van der Waals surface area contributed by atoms with Crippen molar-refractivity contribution in [3.8, 4) is 11.4 Å². The van der Waals surface area contributed by atoms with Crippen molar-refractivity contribution in [2.24, 2.45) is 5.41 Å². The van der Waals surface area contributed by atoms with Crippen molar-refractivity contribution in [2.75, 3.05) is 26.2 Å². The van der Waals surface area contributed by atoms with Gasteiger partial charge < -0.3 is 14.7 Å². The molecule has 1 aromatic carbocycles. The molecule has 1 atom stereocenters. The Morgan fingerprint density at radius 2 is 2.23 bits per heavy atom. The molecule has 1 aromatic heterocycles. The van der Waals surface area contributed by atoms with Crippen molar-refractivity contribution in [3.05, 3.63) is 35.7 Å². The molecule has 2 saturated heterocycles. The minimum absolute atomic E-state index is 0.197. The van der Waals surface area contributed by atoms with Crippen LogP contribution < -0.4 is 5.32 Å². The number of aryl methyl sites for hydroxylation is 2. The minimum atomic E-state index is 0.197. The van der Waals surface area contributed by atoms with Crippen LogP contribution in [-0.4, -0.2) is 47.1 Å². The molecule has 0 radical (unpaired) electrons. The van der Waals surface area contributed by atoms with E-state index >= 15 is 0 Å². The Morgan fingerprint density at radius 3 is 3.04 bits per heavy atom. The minimum Gasteiger partial charge on any atom is -0.342 e. The van der Waals surface area contributed by atoms with Crippen LogP contribution in [-0.2, 0) is 11.2 Å². The fourth-order valence-corrected chi connectivity index (χ4v) is 4.19. The second-order valence-electron chi connectivity index (χ2n) is 7.67. The predicted octanol–water partition coefficient (Wildman–Crippen LogP) is 2.58. The van der Waals surface area contributed by atoms with Gasteiger partial charge in [0.05, 0.1) is 0 Å². The van der Waals surface area contributed by atoms with Crippen LogP contribution in [0, 0.1) is 12.3 Å². The van der Waals surface area contributed by atoms with Crippen LogP contribution in [0.3, 0.4) is 0 Å². The first-order valence-corrected chi connectivity index (χ1v) is 9.52. The van der Waals surface area contributed by atoms with Crippen molar-refractivity contribution in [1.29, 1.82) is 0 Å². The fourth-order valence-electron chi connectivity index (χ4n) is 4.19. The number of aromatic nitrogens is 2. The molecule has 0 unspecified atom stereocenters. The van der Waals surface area contributed by atoms with Gasteiger partial charge in [-0.3, -0.25) is 4.79 Å². The molecule has 6 nitrogen and oxygen atoms in total. The maximum atomic E-state index is 12.6.